The smallest absolute Gasteiger partial charge is 0.408 e. The highest BCUT2D eigenvalue weighted by Crippen LogP contribution is 2.24. The van der Waals surface area contributed by atoms with Crippen molar-refractivity contribution in [1.82, 2.24) is 10.2 Å². The Bertz CT molecular complexity index is 591. The van der Waals surface area contributed by atoms with Gasteiger partial charge in [0.2, 0.25) is 5.91 Å². The van der Waals surface area contributed by atoms with Crippen LogP contribution in [0.2, 0.25) is 0 Å². The third-order valence-electron chi connectivity index (χ3n) is 4.86. The van der Waals surface area contributed by atoms with E-state index >= 15 is 0 Å². The maximum atomic E-state index is 13.0. The van der Waals surface area contributed by atoms with E-state index in [1.54, 1.807) is 4.90 Å². The Morgan fingerprint density at radius 1 is 1.31 bits per heavy atom. The molecule has 1 aromatic carbocycles. The van der Waals surface area contributed by atoms with E-state index in [2.05, 4.69) is 5.32 Å². The lowest BCUT2D eigenvalue weighted by molar-refractivity contribution is -0.137. The summed E-state index contributed by atoms with van der Waals surface area (Å²) in [5.41, 5.74) is 0.890. The van der Waals surface area contributed by atoms with Crippen LogP contribution in [0.1, 0.15) is 45.6 Å². The Hall–Kier alpha value is -2.08. The van der Waals surface area contributed by atoms with Gasteiger partial charge >= 0.3 is 6.09 Å². The molecule has 1 aromatic rings. The van der Waals surface area contributed by atoms with Gasteiger partial charge in [0.25, 0.3) is 0 Å². The van der Waals surface area contributed by atoms with Crippen LogP contribution in [0.25, 0.3) is 0 Å². The van der Waals surface area contributed by atoms with E-state index < -0.39 is 18.2 Å². The lowest BCUT2D eigenvalue weighted by Crippen LogP contribution is -2.54. The standard InChI is InChI=1S/C20H30N2O4/c1-4-17(23)16-11-8-12-22(16)19(24)18(14(2)3)21-20(25)26-13-15-9-6-5-7-10-15/h5-7,9-10,14,16-18,23H,4,8,11-13H2,1-3H3,(H,21,25)/t16?,17-,18-/m1/s1. The maximum absolute atomic E-state index is 13.0. The summed E-state index contributed by atoms with van der Waals surface area (Å²) in [7, 11) is 0. The van der Waals surface area contributed by atoms with Crippen molar-refractivity contribution in [2.24, 2.45) is 5.92 Å². The topological polar surface area (TPSA) is 78.9 Å². The summed E-state index contributed by atoms with van der Waals surface area (Å²) in [5, 5.41) is 12.9. The second-order valence-corrected chi connectivity index (χ2v) is 7.14. The monoisotopic (exact) mass is 362 g/mol. The number of likely N-dealkylation sites (tertiary alicyclic amines) is 1. The van der Waals surface area contributed by atoms with Crippen LogP contribution in [-0.2, 0) is 16.1 Å². The third kappa shape index (κ3) is 5.21. The fraction of sp³-hybridized carbons (Fsp3) is 0.600. The summed E-state index contributed by atoms with van der Waals surface area (Å²) in [6.07, 6.45) is 1.14. The number of hydrogen-bond donors (Lipinski definition) is 2. The molecule has 26 heavy (non-hydrogen) atoms. The zero-order chi connectivity index (χ0) is 19.1. The lowest BCUT2D eigenvalue weighted by atomic mass is 10.0. The molecule has 0 aliphatic carbocycles. The van der Waals surface area contributed by atoms with E-state index in [0.29, 0.717) is 13.0 Å². The Kier molecular flexibility index (Phi) is 7.45. The number of rotatable bonds is 7. The molecule has 1 fully saturated rings. The van der Waals surface area contributed by atoms with Gasteiger partial charge in [0.15, 0.2) is 0 Å². The van der Waals surface area contributed by atoms with Crippen LogP contribution < -0.4 is 5.32 Å². The number of amides is 2. The first-order valence-corrected chi connectivity index (χ1v) is 9.39. The van der Waals surface area contributed by atoms with Gasteiger partial charge in [0, 0.05) is 6.54 Å². The molecule has 0 spiro atoms. The number of nitrogens with one attached hydrogen (secondary N) is 1. The van der Waals surface area contributed by atoms with Crippen molar-refractivity contribution < 1.29 is 19.4 Å². The molecule has 2 N–H and O–H groups in total. The minimum absolute atomic E-state index is 0.0770. The molecule has 0 saturated carbocycles. The van der Waals surface area contributed by atoms with Crippen LogP contribution in [0, 0.1) is 5.92 Å². The molecule has 0 bridgehead atoms. The van der Waals surface area contributed by atoms with Crippen LogP contribution in [0.5, 0.6) is 0 Å². The molecular weight excluding hydrogens is 332 g/mol. The fourth-order valence-electron chi connectivity index (χ4n) is 3.32. The first kappa shape index (κ1) is 20.2. The predicted molar refractivity (Wildman–Crippen MR) is 99.4 cm³/mol. The number of aliphatic hydroxyl groups is 1. The summed E-state index contributed by atoms with van der Waals surface area (Å²) < 4.78 is 5.25. The average molecular weight is 362 g/mol. The quantitative estimate of drug-likeness (QED) is 0.782. The van der Waals surface area contributed by atoms with Crippen molar-refractivity contribution in [3.8, 4) is 0 Å². The summed E-state index contributed by atoms with van der Waals surface area (Å²) in [6.45, 7) is 6.46. The van der Waals surface area contributed by atoms with Gasteiger partial charge in [-0.05, 0) is 30.7 Å². The van der Waals surface area contributed by atoms with Gasteiger partial charge in [0.1, 0.15) is 12.6 Å². The second-order valence-electron chi connectivity index (χ2n) is 7.14. The molecule has 1 aliphatic rings. The van der Waals surface area contributed by atoms with Gasteiger partial charge in [-0.2, -0.15) is 0 Å². The van der Waals surface area contributed by atoms with Gasteiger partial charge in [0.05, 0.1) is 12.1 Å². The Balaban J connectivity index is 1.96. The lowest BCUT2D eigenvalue weighted by Gasteiger charge is -2.32. The van der Waals surface area contributed by atoms with E-state index in [9.17, 15) is 14.7 Å². The molecule has 6 heteroatoms. The van der Waals surface area contributed by atoms with Crippen molar-refractivity contribution in [2.45, 2.75) is 64.8 Å². The summed E-state index contributed by atoms with van der Waals surface area (Å²) in [5.74, 6) is -0.224. The van der Waals surface area contributed by atoms with Crippen LogP contribution in [0.3, 0.4) is 0 Å². The van der Waals surface area contributed by atoms with Crippen molar-refractivity contribution in [3.63, 3.8) is 0 Å². The molecule has 1 heterocycles. The molecule has 6 nitrogen and oxygen atoms in total. The van der Waals surface area contributed by atoms with Gasteiger partial charge < -0.3 is 20.1 Å². The van der Waals surface area contributed by atoms with Gasteiger partial charge in [-0.1, -0.05) is 51.1 Å². The molecule has 1 unspecified atom stereocenters. The highest BCUT2D eigenvalue weighted by molar-refractivity contribution is 5.86. The number of carbonyl (C=O) groups excluding carboxylic acids is 2. The first-order chi connectivity index (χ1) is 12.4. The Morgan fingerprint density at radius 3 is 2.62 bits per heavy atom. The predicted octanol–water partition coefficient (Wildman–Crippen LogP) is 2.70. The van der Waals surface area contributed by atoms with E-state index in [-0.39, 0.29) is 24.5 Å². The van der Waals surface area contributed by atoms with Crippen LogP contribution in [0.4, 0.5) is 4.79 Å². The minimum atomic E-state index is -0.664. The SMILES string of the molecule is CC[C@@H](O)C1CCCN1C(=O)[C@H](NC(=O)OCc1ccccc1)C(C)C. The molecule has 0 aromatic heterocycles. The Morgan fingerprint density at radius 2 is 2.00 bits per heavy atom. The average Bonchev–Trinajstić information content (AvgIpc) is 3.13. The largest absolute Gasteiger partial charge is 0.445 e. The highest BCUT2D eigenvalue weighted by atomic mass is 16.5. The summed E-state index contributed by atoms with van der Waals surface area (Å²) >= 11 is 0. The first-order valence-electron chi connectivity index (χ1n) is 9.39. The van der Waals surface area contributed by atoms with Gasteiger partial charge in [-0.15, -0.1) is 0 Å². The zero-order valence-corrected chi connectivity index (χ0v) is 15.9. The highest BCUT2D eigenvalue weighted by Gasteiger charge is 2.38. The number of aliphatic hydroxyl groups excluding tert-OH is 1. The van der Waals surface area contributed by atoms with Crippen LogP contribution >= 0.6 is 0 Å². The van der Waals surface area contributed by atoms with E-state index in [4.69, 9.17) is 4.74 Å². The molecule has 3 atom stereocenters. The van der Waals surface area contributed by atoms with E-state index in [1.807, 2.05) is 51.1 Å². The van der Waals surface area contributed by atoms with E-state index in [1.165, 1.54) is 0 Å². The second kappa shape index (κ2) is 9.57. The van der Waals surface area contributed by atoms with Crippen LogP contribution in [0.15, 0.2) is 30.3 Å². The normalized spacial score (nSPS) is 19.3. The molecule has 1 aliphatic heterocycles. The fourth-order valence-corrected chi connectivity index (χ4v) is 3.32. The number of ether oxygens (including phenoxy) is 1. The molecule has 144 valence electrons. The minimum Gasteiger partial charge on any atom is -0.445 e. The summed E-state index contributed by atoms with van der Waals surface area (Å²) in [4.78, 5) is 26.9. The summed E-state index contributed by atoms with van der Waals surface area (Å²) in [6, 6.07) is 8.57. The molecule has 2 amide bonds. The zero-order valence-electron chi connectivity index (χ0n) is 15.9. The molecule has 0 radical (unpaired) electrons. The van der Waals surface area contributed by atoms with Crippen molar-refractivity contribution >= 4 is 12.0 Å². The number of carbonyl (C=O) groups is 2. The van der Waals surface area contributed by atoms with Crippen molar-refractivity contribution in [2.75, 3.05) is 6.54 Å². The number of hydrogen-bond acceptors (Lipinski definition) is 4. The number of benzene rings is 1. The van der Waals surface area contributed by atoms with Crippen molar-refractivity contribution in [3.05, 3.63) is 35.9 Å². The van der Waals surface area contributed by atoms with Crippen molar-refractivity contribution in [1.29, 1.82) is 0 Å². The molecule has 2 rings (SSSR count). The number of nitrogens with zero attached hydrogens (tertiary/aromatic N) is 1. The maximum Gasteiger partial charge on any atom is 0.408 e. The third-order valence-corrected chi connectivity index (χ3v) is 4.86. The number of alkyl carbamates (subject to hydrolysis) is 1. The molecule has 1 saturated heterocycles. The van der Waals surface area contributed by atoms with Gasteiger partial charge in [-0.3, -0.25) is 4.79 Å². The molecular formula is C20H30N2O4. The Labute approximate surface area is 155 Å². The van der Waals surface area contributed by atoms with E-state index in [0.717, 1.165) is 18.4 Å². The van der Waals surface area contributed by atoms with Gasteiger partial charge in [-0.25, -0.2) is 4.79 Å². The van der Waals surface area contributed by atoms with Crippen LogP contribution in [-0.4, -0.2) is 46.7 Å².